The summed E-state index contributed by atoms with van der Waals surface area (Å²) in [6.45, 7) is 5.30. The Bertz CT molecular complexity index is 358. The first-order valence-corrected chi connectivity index (χ1v) is 6.07. The standard InChI is InChI=1S/C14H21NO/c1-10-4-7-14(16-3)13(8-10)9-15-11(2)12-5-6-12/h4,7-8,11-12,15H,5-6,9H2,1-3H3. The second-order valence-electron chi connectivity index (χ2n) is 4.82. The van der Waals surface area contributed by atoms with Gasteiger partial charge in [-0.3, -0.25) is 0 Å². The summed E-state index contributed by atoms with van der Waals surface area (Å²) >= 11 is 0. The van der Waals surface area contributed by atoms with E-state index in [1.165, 1.54) is 24.0 Å². The van der Waals surface area contributed by atoms with E-state index in [0.717, 1.165) is 18.2 Å². The van der Waals surface area contributed by atoms with E-state index < -0.39 is 0 Å². The van der Waals surface area contributed by atoms with Crippen molar-refractivity contribution in [1.82, 2.24) is 5.32 Å². The van der Waals surface area contributed by atoms with Crippen molar-refractivity contribution in [1.29, 1.82) is 0 Å². The van der Waals surface area contributed by atoms with E-state index in [9.17, 15) is 0 Å². The monoisotopic (exact) mass is 219 g/mol. The molecule has 0 spiro atoms. The molecule has 0 saturated heterocycles. The van der Waals surface area contributed by atoms with Crippen LogP contribution >= 0.6 is 0 Å². The lowest BCUT2D eigenvalue weighted by atomic mass is 10.1. The lowest BCUT2D eigenvalue weighted by Gasteiger charge is -2.15. The number of rotatable bonds is 5. The molecule has 2 nitrogen and oxygen atoms in total. The van der Waals surface area contributed by atoms with Crippen LogP contribution in [0.3, 0.4) is 0 Å². The Kier molecular flexibility index (Phi) is 3.49. The smallest absolute Gasteiger partial charge is 0.123 e. The van der Waals surface area contributed by atoms with Gasteiger partial charge in [0.05, 0.1) is 7.11 Å². The van der Waals surface area contributed by atoms with Gasteiger partial charge in [-0.15, -0.1) is 0 Å². The first-order valence-electron chi connectivity index (χ1n) is 6.07. The van der Waals surface area contributed by atoms with Gasteiger partial charge >= 0.3 is 0 Å². The molecule has 1 aromatic carbocycles. The van der Waals surface area contributed by atoms with Crippen LogP contribution in [-0.2, 0) is 6.54 Å². The highest BCUT2D eigenvalue weighted by Gasteiger charge is 2.27. The Labute approximate surface area is 98.0 Å². The van der Waals surface area contributed by atoms with Gasteiger partial charge in [-0.25, -0.2) is 0 Å². The third-order valence-corrected chi connectivity index (χ3v) is 3.38. The minimum atomic E-state index is 0.630. The normalized spacial score (nSPS) is 17.2. The molecule has 16 heavy (non-hydrogen) atoms. The summed E-state index contributed by atoms with van der Waals surface area (Å²) in [5.41, 5.74) is 2.55. The number of nitrogens with one attached hydrogen (secondary N) is 1. The molecule has 2 rings (SSSR count). The highest BCUT2D eigenvalue weighted by molar-refractivity contribution is 5.36. The molecule has 0 bridgehead atoms. The molecule has 0 radical (unpaired) electrons. The highest BCUT2D eigenvalue weighted by Crippen LogP contribution is 2.32. The first-order chi connectivity index (χ1) is 7.70. The van der Waals surface area contributed by atoms with Gasteiger partial charge in [-0.1, -0.05) is 17.7 Å². The Morgan fingerprint density at radius 2 is 2.19 bits per heavy atom. The summed E-state index contributed by atoms with van der Waals surface area (Å²) in [4.78, 5) is 0. The number of methoxy groups -OCH3 is 1. The molecule has 2 heteroatoms. The van der Waals surface area contributed by atoms with Gasteiger partial charge in [0.15, 0.2) is 0 Å². The van der Waals surface area contributed by atoms with Crippen molar-refractivity contribution in [3.05, 3.63) is 29.3 Å². The van der Waals surface area contributed by atoms with Crippen molar-refractivity contribution < 1.29 is 4.74 Å². The molecule has 0 aliphatic heterocycles. The summed E-state index contributed by atoms with van der Waals surface area (Å²) in [6, 6.07) is 6.97. The van der Waals surface area contributed by atoms with Crippen LogP contribution in [0, 0.1) is 12.8 Å². The summed E-state index contributed by atoms with van der Waals surface area (Å²) < 4.78 is 5.37. The van der Waals surface area contributed by atoms with Gasteiger partial charge in [0, 0.05) is 18.2 Å². The van der Waals surface area contributed by atoms with Crippen molar-refractivity contribution in [3.63, 3.8) is 0 Å². The minimum Gasteiger partial charge on any atom is -0.496 e. The number of aryl methyl sites for hydroxylation is 1. The number of benzene rings is 1. The van der Waals surface area contributed by atoms with Gasteiger partial charge in [-0.2, -0.15) is 0 Å². The van der Waals surface area contributed by atoms with Gasteiger partial charge in [0.2, 0.25) is 0 Å². The molecule has 0 aromatic heterocycles. The van der Waals surface area contributed by atoms with E-state index in [2.05, 4.69) is 31.3 Å². The zero-order chi connectivity index (χ0) is 11.5. The molecule has 1 saturated carbocycles. The largest absolute Gasteiger partial charge is 0.496 e. The first kappa shape index (κ1) is 11.5. The fourth-order valence-corrected chi connectivity index (χ4v) is 2.08. The molecule has 1 aliphatic rings. The Morgan fingerprint density at radius 1 is 1.44 bits per heavy atom. The van der Waals surface area contributed by atoms with Gasteiger partial charge < -0.3 is 10.1 Å². The molecule has 1 fully saturated rings. The number of ether oxygens (including phenoxy) is 1. The topological polar surface area (TPSA) is 21.3 Å². The van der Waals surface area contributed by atoms with Gasteiger partial charge in [0.25, 0.3) is 0 Å². The van der Waals surface area contributed by atoms with Crippen LogP contribution in [0.1, 0.15) is 30.9 Å². The maximum absolute atomic E-state index is 5.37. The van der Waals surface area contributed by atoms with Crippen molar-refractivity contribution in [2.75, 3.05) is 7.11 Å². The van der Waals surface area contributed by atoms with Crippen LogP contribution in [-0.4, -0.2) is 13.2 Å². The van der Waals surface area contributed by atoms with Crippen molar-refractivity contribution in [2.45, 2.75) is 39.3 Å². The molecular weight excluding hydrogens is 198 g/mol. The predicted molar refractivity (Wildman–Crippen MR) is 66.8 cm³/mol. The van der Waals surface area contributed by atoms with Crippen LogP contribution in [0.5, 0.6) is 5.75 Å². The molecular formula is C14H21NO. The summed E-state index contributed by atoms with van der Waals surface area (Å²) in [5.74, 6) is 1.89. The average Bonchev–Trinajstić information content (AvgIpc) is 3.10. The molecule has 0 amide bonds. The van der Waals surface area contributed by atoms with Crippen LogP contribution in [0.25, 0.3) is 0 Å². The lowest BCUT2D eigenvalue weighted by Crippen LogP contribution is -2.27. The average molecular weight is 219 g/mol. The zero-order valence-corrected chi connectivity index (χ0v) is 10.4. The van der Waals surface area contributed by atoms with Crippen LogP contribution in [0.2, 0.25) is 0 Å². The fourth-order valence-electron chi connectivity index (χ4n) is 2.08. The lowest BCUT2D eigenvalue weighted by molar-refractivity contribution is 0.403. The van der Waals surface area contributed by atoms with Crippen molar-refractivity contribution >= 4 is 0 Å². The van der Waals surface area contributed by atoms with E-state index in [1.54, 1.807) is 7.11 Å². The SMILES string of the molecule is COc1ccc(C)cc1CNC(C)C1CC1. The van der Waals surface area contributed by atoms with E-state index in [1.807, 2.05) is 6.07 Å². The Hall–Kier alpha value is -1.02. The van der Waals surface area contributed by atoms with Crippen LogP contribution in [0.15, 0.2) is 18.2 Å². The zero-order valence-electron chi connectivity index (χ0n) is 10.4. The van der Waals surface area contributed by atoms with Crippen LogP contribution in [0.4, 0.5) is 0 Å². The maximum atomic E-state index is 5.37. The maximum Gasteiger partial charge on any atom is 0.123 e. The van der Waals surface area contributed by atoms with E-state index in [-0.39, 0.29) is 0 Å². The quantitative estimate of drug-likeness (QED) is 0.822. The van der Waals surface area contributed by atoms with E-state index in [0.29, 0.717) is 6.04 Å². The predicted octanol–water partition coefficient (Wildman–Crippen LogP) is 2.89. The third-order valence-electron chi connectivity index (χ3n) is 3.38. The van der Waals surface area contributed by atoms with E-state index >= 15 is 0 Å². The summed E-state index contributed by atoms with van der Waals surface area (Å²) in [6.07, 6.45) is 2.78. The van der Waals surface area contributed by atoms with Crippen molar-refractivity contribution in [2.24, 2.45) is 5.92 Å². The Morgan fingerprint density at radius 3 is 2.81 bits per heavy atom. The fraction of sp³-hybridized carbons (Fsp3) is 0.571. The van der Waals surface area contributed by atoms with E-state index in [4.69, 9.17) is 4.74 Å². The number of hydrogen-bond donors (Lipinski definition) is 1. The van der Waals surface area contributed by atoms with Gasteiger partial charge in [0.1, 0.15) is 5.75 Å². The Balaban J connectivity index is 1.98. The summed E-state index contributed by atoms with van der Waals surface area (Å²) in [5, 5.41) is 3.58. The molecule has 88 valence electrons. The minimum absolute atomic E-state index is 0.630. The molecule has 1 aliphatic carbocycles. The third kappa shape index (κ3) is 2.76. The molecule has 1 N–H and O–H groups in total. The molecule has 1 atom stereocenters. The second-order valence-corrected chi connectivity index (χ2v) is 4.82. The molecule has 1 unspecified atom stereocenters. The number of hydrogen-bond acceptors (Lipinski definition) is 2. The summed E-state index contributed by atoms with van der Waals surface area (Å²) in [7, 11) is 1.73. The van der Waals surface area contributed by atoms with Gasteiger partial charge in [-0.05, 0) is 38.7 Å². The molecule has 0 heterocycles. The highest BCUT2D eigenvalue weighted by atomic mass is 16.5. The van der Waals surface area contributed by atoms with Crippen LogP contribution < -0.4 is 10.1 Å². The second kappa shape index (κ2) is 4.88. The molecule has 1 aromatic rings. The van der Waals surface area contributed by atoms with Crippen molar-refractivity contribution in [3.8, 4) is 5.75 Å².